The van der Waals surface area contributed by atoms with Crippen molar-refractivity contribution in [1.29, 1.82) is 10.5 Å². The molecule has 56 heavy (non-hydrogen) atoms. The lowest BCUT2D eigenvalue weighted by Crippen LogP contribution is -2.24. The summed E-state index contributed by atoms with van der Waals surface area (Å²) < 4.78 is 9.79. The molecule has 3 aromatic heterocycles. The van der Waals surface area contributed by atoms with Gasteiger partial charge in [-0.05, 0) is 116 Å². The highest BCUT2D eigenvalue weighted by Crippen LogP contribution is 2.56. The second-order valence-electron chi connectivity index (χ2n) is 21.2. The summed E-state index contributed by atoms with van der Waals surface area (Å²) in [6.07, 6.45) is 6.35. The van der Waals surface area contributed by atoms with E-state index in [0.29, 0.717) is 0 Å². The fourth-order valence-electron chi connectivity index (χ4n) is 12.0. The molecule has 4 heteroatoms. The van der Waals surface area contributed by atoms with Gasteiger partial charge in [0.1, 0.15) is 11.2 Å². The van der Waals surface area contributed by atoms with Crippen LogP contribution in [0.1, 0.15) is 154 Å². The van der Waals surface area contributed by atoms with Gasteiger partial charge >= 0.3 is 0 Å². The maximum absolute atomic E-state index is 11.0. The number of nitrogens with zero attached hydrogens (tertiary/aromatic N) is 3. The van der Waals surface area contributed by atoms with E-state index in [0.717, 1.165) is 88.1 Å². The Morgan fingerprint density at radius 3 is 1.66 bits per heavy atom. The standard InChI is InChI=1S/C52H53N3O/c1-48(2,3)34-18-17-30-32-25-33-39-35(23-28(26-53)42-44(39)51(8,9)21-13-19-49(42,4)5)55-36-24-29(27-54)43-45(52(10,11)22-14-20-50(43,6)7)40(36)41(46(33)55)47(32)56-37-16-12-15-31(34)38(30)37/h12,15-18,23-25H,13-14,19-22H2,1-11H3. The van der Waals surface area contributed by atoms with Crippen LogP contribution in [-0.2, 0) is 27.1 Å². The molecule has 0 unspecified atom stereocenters. The van der Waals surface area contributed by atoms with Crippen LogP contribution in [0.5, 0.6) is 0 Å². The van der Waals surface area contributed by atoms with Crippen molar-refractivity contribution >= 4 is 70.8 Å². The van der Waals surface area contributed by atoms with Crippen molar-refractivity contribution in [2.75, 3.05) is 0 Å². The number of aromatic nitrogens is 1. The Kier molecular flexibility index (Phi) is 6.86. The molecular formula is C52H53N3O. The van der Waals surface area contributed by atoms with Crippen LogP contribution < -0.4 is 0 Å². The Bertz CT molecular complexity index is 3140. The van der Waals surface area contributed by atoms with Crippen LogP contribution in [0.2, 0.25) is 0 Å². The van der Waals surface area contributed by atoms with Crippen molar-refractivity contribution in [1.82, 2.24) is 4.40 Å². The molecule has 2 aliphatic rings. The Hall–Kier alpha value is -5.06. The first-order valence-corrected chi connectivity index (χ1v) is 20.8. The predicted molar refractivity (Wildman–Crippen MR) is 234 cm³/mol. The van der Waals surface area contributed by atoms with Gasteiger partial charge < -0.3 is 8.82 Å². The van der Waals surface area contributed by atoms with Gasteiger partial charge in [-0.15, -0.1) is 0 Å². The second kappa shape index (κ2) is 10.9. The Morgan fingerprint density at radius 1 is 0.571 bits per heavy atom. The lowest BCUT2D eigenvalue weighted by molar-refractivity contribution is 0.433. The zero-order valence-electron chi connectivity index (χ0n) is 35.1. The van der Waals surface area contributed by atoms with Gasteiger partial charge in [0.05, 0.1) is 45.2 Å². The minimum absolute atomic E-state index is 0.0371. The number of hydrogen-bond acceptors (Lipinski definition) is 3. The van der Waals surface area contributed by atoms with Crippen molar-refractivity contribution in [3.05, 3.63) is 87.5 Å². The Morgan fingerprint density at radius 2 is 1.11 bits per heavy atom. The normalized spacial score (nSPS) is 19.1. The van der Waals surface area contributed by atoms with E-state index in [1.54, 1.807) is 0 Å². The highest BCUT2D eigenvalue weighted by molar-refractivity contribution is 6.35. The Labute approximate surface area is 330 Å². The number of benzene rings is 5. The van der Waals surface area contributed by atoms with Crippen LogP contribution in [0.3, 0.4) is 0 Å². The number of nitriles is 2. The van der Waals surface area contributed by atoms with E-state index in [1.165, 1.54) is 60.1 Å². The molecule has 2 aliphatic carbocycles. The first-order chi connectivity index (χ1) is 26.3. The molecule has 0 saturated heterocycles. The van der Waals surface area contributed by atoms with E-state index < -0.39 is 0 Å². The van der Waals surface area contributed by atoms with Gasteiger partial charge in [0.15, 0.2) is 0 Å². The number of rotatable bonds is 0. The van der Waals surface area contributed by atoms with Gasteiger partial charge in [0, 0.05) is 26.9 Å². The third kappa shape index (κ3) is 4.40. The highest BCUT2D eigenvalue weighted by atomic mass is 16.3. The summed E-state index contributed by atoms with van der Waals surface area (Å²) in [5.41, 5.74) is 12.1. The van der Waals surface area contributed by atoms with Crippen molar-refractivity contribution in [2.24, 2.45) is 0 Å². The van der Waals surface area contributed by atoms with Crippen LogP contribution in [0.15, 0.2) is 52.9 Å². The third-order valence-corrected chi connectivity index (χ3v) is 14.6. The van der Waals surface area contributed by atoms with Gasteiger partial charge in [0.2, 0.25) is 0 Å². The van der Waals surface area contributed by atoms with Gasteiger partial charge in [-0.3, -0.25) is 0 Å². The zero-order chi connectivity index (χ0) is 39.6. The van der Waals surface area contributed by atoms with E-state index in [9.17, 15) is 10.5 Å². The van der Waals surface area contributed by atoms with Crippen LogP contribution in [0.4, 0.5) is 0 Å². The van der Waals surface area contributed by atoms with Crippen LogP contribution >= 0.6 is 0 Å². The van der Waals surface area contributed by atoms with Gasteiger partial charge in [-0.2, -0.15) is 10.5 Å². The molecule has 0 spiro atoms. The van der Waals surface area contributed by atoms with Crippen LogP contribution in [0.25, 0.3) is 70.8 Å². The summed E-state index contributed by atoms with van der Waals surface area (Å²) in [5.74, 6) is 0. The van der Waals surface area contributed by atoms with Crippen LogP contribution in [-0.4, -0.2) is 4.40 Å². The van der Waals surface area contributed by atoms with Crippen molar-refractivity contribution in [3.8, 4) is 12.1 Å². The molecule has 4 nitrogen and oxygen atoms in total. The fraction of sp³-hybridized carbons (Fsp3) is 0.423. The molecule has 0 atom stereocenters. The molecule has 0 bridgehead atoms. The van der Waals surface area contributed by atoms with Gasteiger partial charge in [-0.1, -0.05) is 113 Å². The molecule has 5 aromatic carbocycles. The predicted octanol–water partition coefficient (Wildman–Crippen LogP) is 14.4. The molecule has 0 saturated carbocycles. The van der Waals surface area contributed by atoms with E-state index in [1.807, 2.05) is 0 Å². The number of fused-ring (bicyclic) bond motifs is 13. The summed E-state index contributed by atoms with van der Waals surface area (Å²) in [4.78, 5) is 0. The molecule has 3 heterocycles. The molecule has 0 N–H and O–H groups in total. The maximum Gasteiger partial charge on any atom is 0.145 e. The molecule has 0 fully saturated rings. The first kappa shape index (κ1) is 35.4. The largest absolute Gasteiger partial charge is 0.455 e. The summed E-state index contributed by atoms with van der Waals surface area (Å²) in [6.45, 7) is 25.8. The summed E-state index contributed by atoms with van der Waals surface area (Å²) >= 11 is 0. The quantitative estimate of drug-likeness (QED) is 0.0885. The number of hydrogen-bond donors (Lipinski definition) is 0. The van der Waals surface area contributed by atoms with Gasteiger partial charge in [-0.25, -0.2) is 0 Å². The topological polar surface area (TPSA) is 65.1 Å². The molecule has 0 amide bonds. The van der Waals surface area contributed by atoms with E-state index in [-0.39, 0.29) is 27.1 Å². The van der Waals surface area contributed by atoms with E-state index in [4.69, 9.17) is 4.42 Å². The SMILES string of the molecule is CC(C)(C)c1ccc2c3cc4c5c6c(c(C#N)cc5n5c7cc(C#N)c8c(c7c(c3oc3cccc1c32)c45)C(C)(C)CCCC8(C)C)C(C)(C)CCCC6(C)C. The molecule has 0 radical (unpaired) electrons. The molecule has 8 aromatic rings. The zero-order valence-corrected chi connectivity index (χ0v) is 35.1. The highest BCUT2D eigenvalue weighted by Gasteiger charge is 2.42. The first-order valence-electron chi connectivity index (χ1n) is 20.8. The van der Waals surface area contributed by atoms with E-state index >= 15 is 0 Å². The lowest BCUT2D eigenvalue weighted by atomic mass is 9.71. The average molecular weight is 736 g/mol. The van der Waals surface area contributed by atoms with Crippen LogP contribution in [0, 0.1) is 22.7 Å². The monoisotopic (exact) mass is 735 g/mol. The minimum atomic E-state index is -0.190. The van der Waals surface area contributed by atoms with Crippen molar-refractivity contribution in [3.63, 3.8) is 0 Å². The van der Waals surface area contributed by atoms with Gasteiger partial charge in [0.25, 0.3) is 0 Å². The van der Waals surface area contributed by atoms with Crippen molar-refractivity contribution < 1.29 is 4.42 Å². The van der Waals surface area contributed by atoms with Crippen molar-refractivity contribution in [2.45, 2.75) is 142 Å². The molecule has 0 aliphatic heterocycles. The smallest absolute Gasteiger partial charge is 0.145 e. The molecule has 282 valence electrons. The molecule has 10 rings (SSSR count). The average Bonchev–Trinajstić information content (AvgIpc) is 3.57. The fourth-order valence-corrected chi connectivity index (χ4v) is 12.0. The Balaban J connectivity index is 1.58. The second-order valence-corrected chi connectivity index (χ2v) is 21.2. The summed E-state index contributed by atoms with van der Waals surface area (Å²) in [6, 6.07) is 23.5. The molecular weight excluding hydrogens is 683 g/mol. The maximum atomic E-state index is 11.0. The summed E-state index contributed by atoms with van der Waals surface area (Å²) in [5, 5.41) is 31.6. The lowest BCUT2D eigenvalue weighted by Gasteiger charge is -2.32. The summed E-state index contributed by atoms with van der Waals surface area (Å²) in [7, 11) is 0. The third-order valence-electron chi connectivity index (χ3n) is 14.6. The minimum Gasteiger partial charge on any atom is -0.455 e. The van der Waals surface area contributed by atoms with E-state index in [2.05, 4.69) is 141 Å².